The molecule has 7 heteroatoms. The second-order valence-electron chi connectivity index (χ2n) is 9.84. The van der Waals surface area contributed by atoms with Crippen molar-refractivity contribution in [3.05, 3.63) is 0 Å². The molecular formula is C27H52N4O3. The number of nitrogens with two attached hydrogens (primary N) is 1. The Labute approximate surface area is 208 Å². The average molecular weight is 481 g/mol. The number of likely N-dealkylation sites (N-methyl/N-ethyl adjacent to an activating group) is 1. The number of carbonyl (C=O) groups is 3. The molecule has 1 rings (SSSR count). The zero-order valence-corrected chi connectivity index (χ0v) is 22.1. The van der Waals surface area contributed by atoms with Crippen LogP contribution < -0.4 is 11.1 Å². The van der Waals surface area contributed by atoms with Crippen molar-refractivity contribution in [3.8, 4) is 0 Å². The predicted molar refractivity (Wildman–Crippen MR) is 140 cm³/mol. The molecule has 198 valence electrons. The van der Waals surface area contributed by atoms with E-state index < -0.39 is 0 Å². The monoisotopic (exact) mass is 480 g/mol. The van der Waals surface area contributed by atoms with Gasteiger partial charge in [-0.15, -0.1) is 0 Å². The van der Waals surface area contributed by atoms with Gasteiger partial charge in [0.2, 0.25) is 11.8 Å². The van der Waals surface area contributed by atoms with Crippen LogP contribution in [0.5, 0.6) is 0 Å². The third kappa shape index (κ3) is 13.3. The summed E-state index contributed by atoms with van der Waals surface area (Å²) in [4.78, 5) is 39.7. The first kappa shape index (κ1) is 30.4. The molecule has 0 aromatic carbocycles. The van der Waals surface area contributed by atoms with E-state index in [2.05, 4.69) is 12.2 Å². The Morgan fingerprint density at radius 3 is 1.91 bits per heavy atom. The number of carbonyl (C=O) groups excluding carboxylic acids is 3. The zero-order valence-electron chi connectivity index (χ0n) is 22.1. The number of urea groups is 1. The molecule has 0 bridgehead atoms. The predicted octanol–water partition coefficient (Wildman–Crippen LogP) is 5.37. The van der Waals surface area contributed by atoms with Crippen LogP contribution in [-0.4, -0.2) is 59.9 Å². The van der Waals surface area contributed by atoms with E-state index in [9.17, 15) is 14.4 Å². The van der Waals surface area contributed by atoms with E-state index in [4.69, 9.17) is 5.73 Å². The van der Waals surface area contributed by atoms with E-state index in [0.29, 0.717) is 26.1 Å². The number of hydrogen-bond acceptors (Lipinski definition) is 4. The van der Waals surface area contributed by atoms with Crippen LogP contribution in [0.3, 0.4) is 0 Å². The maximum atomic E-state index is 12.5. The largest absolute Gasteiger partial charge is 0.352 e. The summed E-state index contributed by atoms with van der Waals surface area (Å²) in [6, 6.07) is -0.378. The molecule has 1 atom stereocenters. The minimum absolute atomic E-state index is 0.0474. The zero-order chi connectivity index (χ0) is 25.0. The van der Waals surface area contributed by atoms with Crippen LogP contribution in [0.4, 0.5) is 4.79 Å². The third-order valence-corrected chi connectivity index (χ3v) is 6.76. The minimum Gasteiger partial charge on any atom is -0.352 e. The number of unbranched alkanes of at least 4 members (excludes halogenated alkanes) is 13. The second kappa shape index (κ2) is 19.7. The van der Waals surface area contributed by atoms with Gasteiger partial charge in [-0.3, -0.25) is 14.5 Å². The first-order valence-corrected chi connectivity index (χ1v) is 14.1. The van der Waals surface area contributed by atoms with Gasteiger partial charge in [0.25, 0.3) is 0 Å². The van der Waals surface area contributed by atoms with Crippen LogP contribution in [-0.2, 0) is 9.59 Å². The van der Waals surface area contributed by atoms with E-state index in [1.165, 1.54) is 75.5 Å². The molecule has 0 aliphatic carbocycles. The number of nitrogens with one attached hydrogen (secondary N) is 1. The highest BCUT2D eigenvalue weighted by Crippen LogP contribution is 2.14. The highest BCUT2D eigenvalue weighted by molar-refractivity contribution is 6.01. The lowest BCUT2D eigenvalue weighted by molar-refractivity contribution is -0.125. The van der Waals surface area contributed by atoms with E-state index in [0.717, 1.165) is 32.1 Å². The molecule has 1 aliphatic heterocycles. The Morgan fingerprint density at radius 1 is 0.853 bits per heavy atom. The standard InChI is InChI=1S/C27H52N4O3/c1-3-5-6-7-8-9-10-11-12-13-14-15-16-20-25(32)29-24(19-17-18-21-28)22-30-23-26(33)31(4-2)27(30)34/h24H,3-23,28H2,1-2H3,(H,29,32). The lowest BCUT2D eigenvalue weighted by Gasteiger charge is -2.24. The van der Waals surface area contributed by atoms with Crippen molar-refractivity contribution in [1.29, 1.82) is 0 Å². The lowest BCUT2D eigenvalue weighted by Crippen LogP contribution is -2.45. The summed E-state index contributed by atoms with van der Waals surface area (Å²) < 4.78 is 0. The van der Waals surface area contributed by atoms with E-state index >= 15 is 0 Å². The molecule has 0 radical (unpaired) electrons. The molecule has 0 saturated carbocycles. The van der Waals surface area contributed by atoms with Crippen molar-refractivity contribution in [2.75, 3.05) is 26.2 Å². The summed E-state index contributed by atoms with van der Waals surface area (Å²) in [5, 5.41) is 3.11. The number of nitrogens with zero attached hydrogens (tertiary/aromatic N) is 2. The van der Waals surface area contributed by atoms with E-state index in [-0.39, 0.29) is 30.4 Å². The highest BCUT2D eigenvalue weighted by Gasteiger charge is 2.35. The van der Waals surface area contributed by atoms with Crippen molar-refractivity contribution >= 4 is 17.8 Å². The van der Waals surface area contributed by atoms with Crippen molar-refractivity contribution in [2.45, 2.75) is 129 Å². The number of rotatable bonds is 22. The summed E-state index contributed by atoms with van der Waals surface area (Å²) in [6.07, 6.45) is 19.8. The fourth-order valence-electron chi connectivity index (χ4n) is 4.66. The van der Waals surface area contributed by atoms with Crippen molar-refractivity contribution in [2.24, 2.45) is 5.73 Å². The Kier molecular flexibility index (Phi) is 17.6. The quantitative estimate of drug-likeness (QED) is 0.161. The average Bonchev–Trinajstić information content (AvgIpc) is 3.08. The Bertz CT molecular complexity index is 570. The maximum Gasteiger partial charge on any atom is 0.327 e. The van der Waals surface area contributed by atoms with E-state index in [1.807, 2.05) is 0 Å². The molecule has 3 N–H and O–H groups in total. The molecule has 0 spiro atoms. The van der Waals surface area contributed by atoms with Gasteiger partial charge in [0.05, 0.1) is 0 Å². The topological polar surface area (TPSA) is 95.7 Å². The van der Waals surface area contributed by atoms with Gasteiger partial charge in [-0.2, -0.15) is 0 Å². The Hall–Kier alpha value is -1.63. The number of hydrogen-bond donors (Lipinski definition) is 2. The summed E-state index contributed by atoms with van der Waals surface area (Å²) in [7, 11) is 0. The van der Waals surface area contributed by atoms with Gasteiger partial charge < -0.3 is 16.0 Å². The highest BCUT2D eigenvalue weighted by atomic mass is 16.2. The van der Waals surface area contributed by atoms with Crippen LogP contribution >= 0.6 is 0 Å². The summed E-state index contributed by atoms with van der Waals surface area (Å²) >= 11 is 0. The smallest absolute Gasteiger partial charge is 0.327 e. The van der Waals surface area contributed by atoms with Gasteiger partial charge in [0.15, 0.2) is 0 Å². The summed E-state index contributed by atoms with van der Waals surface area (Å²) in [5.41, 5.74) is 5.61. The first-order chi connectivity index (χ1) is 16.5. The molecule has 1 unspecified atom stereocenters. The van der Waals surface area contributed by atoms with Crippen LogP contribution in [0.15, 0.2) is 0 Å². The van der Waals surface area contributed by atoms with Gasteiger partial charge in [-0.1, -0.05) is 90.4 Å². The molecule has 0 aromatic heterocycles. The molecular weight excluding hydrogens is 428 g/mol. The van der Waals surface area contributed by atoms with Crippen LogP contribution in [0.2, 0.25) is 0 Å². The molecule has 1 heterocycles. The molecule has 1 fully saturated rings. The Balaban J connectivity index is 2.17. The van der Waals surface area contributed by atoms with Crippen molar-refractivity contribution < 1.29 is 14.4 Å². The van der Waals surface area contributed by atoms with Crippen LogP contribution in [0.25, 0.3) is 0 Å². The fraction of sp³-hybridized carbons (Fsp3) is 0.889. The number of imide groups is 1. The summed E-state index contributed by atoms with van der Waals surface area (Å²) in [6.45, 7) is 5.55. The van der Waals surface area contributed by atoms with Crippen LogP contribution in [0, 0.1) is 0 Å². The molecule has 1 saturated heterocycles. The third-order valence-electron chi connectivity index (χ3n) is 6.76. The maximum absolute atomic E-state index is 12.5. The minimum atomic E-state index is -0.248. The van der Waals surface area contributed by atoms with Gasteiger partial charge in [0.1, 0.15) is 6.54 Å². The Morgan fingerprint density at radius 2 is 1.41 bits per heavy atom. The van der Waals surface area contributed by atoms with Gasteiger partial charge in [0, 0.05) is 25.6 Å². The van der Waals surface area contributed by atoms with Gasteiger partial charge in [-0.25, -0.2) is 4.79 Å². The number of amides is 4. The molecule has 0 aromatic rings. The molecule has 1 aliphatic rings. The lowest BCUT2D eigenvalue weighted by atomic mass is 10.0. The van der Waals surface area contributed by atoms with Crippen LogP contribution in [0.1, 0.15) is 123 Å². The van der Waals surface area contributed by atoms with Crippen molar-refractivity contribution in [3.63, 3.8) is 0 Å². The normalized spacial score (nSPS) is 14.8. The SMILES string of the molecule is CCCCCCCCCCCCCCCC(=O)NC(CCCCN)CN1CC(=O)N(CC)C1=O. The second-order valence-corrected chi connectivity index (χ2v) is 9.84. The molecule has 4 amide bonds. The van der Waals surface area contributed by atoms with Gasteiger partial charge in [-0.05, 0) is 32.7 Å². The van der Waals surface area contributed by atoms with Gasteiger partial charge >= 0.3 is 6.03 Å². The molecule has 34 heavy (non-hydrogen) atoms. The van der Waals surface area contributed by atoms with E-state index in [1.54, 1.807) is 11.8 Å². The molecule has 7 nitrogen and oxygen atoms in total. The first-order valence-electron chi connectivity index (χ1n) is 14.1. The fourth-order valence-corrected chi connectivity index (χ4v) is 4.66. The van der Waals surface area contributed by atoms with Crippen molar-refractivity contribution in [1.82, 2.24) is 15.1 Å². The summed E-state index contributed by atoms with van der Waals surface area (Å²) in [5.74, 6) is -0.113.